The van der Waals surface area contributed by atoms with Crippen molar-refractivity contribution >= 4 is 28.4 Å². The van der Waals surface area contributed by atoms with Gasteiger partial charge in [-0.15, -0.1) is 0 Å². The van der Waals surface area contributed by atoms with Crippen LogP contribution < -0.4 is 4.72 Å². The van der Waals surface area contributed by atoms with Crippen molar-refractivity contribution in [3.8, 4) is 0 Å². The van der Waals surface area contributed by atoms with Crippen molar-refractivity contribution in [3.63, 3.8) is 0 Å². The van der Waals surface area contributed by atoms with E-state index in [1.807, 2.05) is 26.2 Å². The monoisotopic (exact) mass is 367 g/mol. The largest absolute Gasteiger partial charge is 0.356 e. The van der Waals surface area contributed by atoms with Crippen molar-refractivity contribution in [2.75, 3.05) is 19.8 Å². The van der Waals surface area contributed by atoms with Crippen molar-refractivity contribution in [2.24, 2.45) is 9.98 Å². The molecule has 1 aliphatic rings. The number of aromatic nitrogens is 1. The predicted molar refractivity (Wildman–Crippen MR) is 103 cm³/mol. The molecule has 140 valence electrons. The van der Waals surface area contributed by atoms with E-state index in [0.717, 1.165) is 37.1 Å². The molecule has 0 atom stereocenters. The van der Waals surface area contributed by atoms with Crippen LogP contribution in [-0.2, 0) is 10.0 Å². The number of nitrogens with one attached hydrogen (secondary N) is 2. The topological polar surface area (TPSA) is 89.9 Å². The Morgan fingerprint density at radius 2 is 2.08 bits per heavy atom. The number of sulfonamides is 1. The number of amidine groups is 1. The predicted octanol–water partition coefficient (Wildman–Crippen LogP) is 2.30. The van der Waals surface area contributed by atoms with Gasteiger partial charge in [0.25, 0.3) is 0 Å². The number of aromatic amines is 1. The van der Waals surface area contributed by atoms with Gasteiger partial charge in [0.05, 0.1) is 11.3 Å². The third-order valence-electron chi connectivity index (χ3n) is 4.73. The molecule has 1 saturated carbocycles. The van der Waals surface area contributed by atoms with E-state index in [0.29, 0.717) is 18.3 Å². The van der Waals surface area contributed by atoms with Gasteiger partial charge in [-0.1, -0.05) is 6.92 Å². The molecular formula is C17H29N5O2S. The van der Waals surface area contributed by atoms with E-state index in [4.69, 9.17) is 0 Å². The summed E-state index contributed by atoms with van der Waals surface area (Å²) in [5, 5.41) is 0. The van der Waals surface area contributed by atoms with Gasteiger partial charge in [-0.2, -0.15) is 0 Å². The zero-order chi connectivity index (χ0) is 18.4. The number of H-pyrrole nitrogens is 1. The normalized spacial score (nSPS) is 22.0. The highest BCUT2D eigenvalue weighted by Crippen LogP contribution is 2.26. The fourth-order valence-corrected chi connectivity index (χ4v) is 4.87. The van der Waals surface area contributed by atoms with Gasteiger partial charge in [-0.3, -0.25) is 4.99 Å². The van der Waals surface area contributed by atoms with Crippen LogP contribution in [-0.4, -0.2) is 62.8 Å². The van der Waals surface area contributed by atoms with Crippen LogP contribution in [0.5, 0.6) is 0 Å². The van der Waals surface area contributed by atoms with Gasteiger partial charge in [0.2, 0.25) is 10.0 Å². The molecule has 1 aromatic heterocycles. The average Bonchev–Trinajstić information content (AvgIpc) is 3.04. The summed E-state index contributed by atoms with van der Waals surface area (Å²) in [4.78, 5) is 13.7. The van der Waals surface area contributed by atoms with Crippen LogP contribution in [0.4, 0.5) is 5.82 Å². The zero-order valence-corrected chi connectivity index (χ0v) is 16.1. The van der Waals surface area contributed by atoms with Gasteiger partial charge >= 0.3 is 0 Å². The molecule has 1 aliphatic carbocycles. The molecule has 2 rings (SSSR count). The molecule has 0 aliphatic heterocycles. The Morgan fingerprint density at radius 1 is 1.40 bits per heavy atom. The smallest absolute Gasteiger partial charge is 0.211 e. The van der Waals surface area contributed by atoms with E-state index >= 15 is 0 Å². The summed E-state index contributed by atoms with van der Waals surface area (Å²) in [7, 11) is 0.665. The fourth-order valence-electron chi connectivity index (χ4n) is 3.48. The lowest BCUT2D eigenvalue weighted by molar-refractivity contribution is 0.254. The molecule has 0 saturated heterocycles. The van der Waals surface area contributed by atoms with Crippen molar-refractivity contribution in [2.45, 2.75) is 51.1 Å². The molecule has 0 radical (unpaired) electrons. The van der Waals surface area contributed by atoms with E-state index in [1.165, 1.54) is 0 Å². The van der Waals surface area contributed by atoms with Gasteiger partial charge in [0.15, 0.2) is 0 Å². The summed E-state index contributed by atoms with van der Waals surface area (Å²) >= 11 is 0. The quantitative estimate of drug-likeness (QED) is 0.572. The minimum atomic E-state index is -3.15. The maximum Gasteiger partial charge on any atom is 0.211 e. The zero-order valence-electron chi connectivity index (χ0n) is 15.3. The summed E-state index contributed by atoms with van der Waals surface area (Å²) < 4.78 is 26.7. The number of hydrogen-bond acceptors (Lipinski definition) is 4. The molecule has 7 nitrogen and oxygen atoms in total. The molecule has 25 heavy (non-hydrogen) atoms. The van der Waals surface area contributed by atoms with Crippen molar-refractivity contribution in [1.82, 2.24) is 14.6 Å². The van der Waals surface area contributed by atoms with Crippen molar-refractivity contribution in [1.29, 1.82) is 0 Å². The minimum absolute atomic E-state index is 0.0425. The Kier molecular flexibility index (Phi) is 6.78. The summed E-state index contributed by atoms with van der Waals surface area (Å²) in [6, 6.07) is 2.33. The van der Waals surface area contributed by atoms with Crippen LogP contribution in [0.25, 0.3) is 0 Å². The van der Waals surface area contributed by atoms with E-state index in [2.05, 4.69) is 31.3 Å². The first-order valence-electron chi connectivity index (χ1n) is 8.76. The molecule has 0 spiro atoms. The standard InChI is InChI=1S/C17H29N5O2S/c1-5-12-25(23,24)21-13-6-8-14(9-7-13)22(4)17(19-3)15-10-11-20-16(15)18-2/h10-11,13-14,20-21H,2,5-9,12H2,1,3-4H3. The Morgan fingerprint density at radius 3 is 2.64 bits per heavy atom. The van der Waals surface area contributed by atoms with Crippen molar-refractivity contribution in [3.05, 3.63) is 17.8 Å². The second-order valence-corrected chi connectivity index (χ2v) is 8.37. The Balaban J connectivity index is 1.99. The maximum absolute atomic E-state index is 11.9. The van der Waals surface area contributed by atoms with Crippen LogP contribution in [0, 0.1) is 0 Å². The van der Waals surface area contributed by atoms with E-state index in [9.17, 15) is 8.42 Å². The number of rotatable bonds is 7. The third-order valence-corrected chi connectivity index (χ3v) is 6.37. The molecule has 0 aromatic carbocycles. The lowest BCUT2D eigenvalue weighted by Gasteiger charge is -2.36. The molecule has 8 heteroatoms. The van der Waals surface area contributed by atoms with Crippen LogP contribution in [0.3, 0.4) is 0 Å². The summed E-state index contributed by atoms with van der Waals surface area (Å²) in [6.45, 7) is 5.47. The van der Waals surface area contributed by atoms with Gasteiger partial charge in [0, 0.05) is 32.4 Å². The first kappa shape index (κ1) is 19.7. The second-order valence-electron chi connectivity index (χ2n) is 6.50. The van der Waals surface area contributed by atoms with Crippen LogP contribution >= 0.6 is 0 Å². The molecule has 0 amide bonds. The van der Waals surface area contributed by atoms with E-state index in [-0.39, 0.29) is 11.8 Å². The second kappa shape index (κ2) is 8.62. The van der Waals surface area contributed by atoms with Crippen molar-refractivity contribution < 1.29 is 8.42 Å². The van der Waals surface area contributed by atoms with Crippen LogP contribution in [0.1, 0.15) is 44.6 Å². The maximum atomic E-state index is 11.9. The number of hydrogen-bond donors (Lipinski definition) is 2. The molecular weight excluding hydrogens is 338 g/mol. The van der Waals surface area contributed by atoms with Gasteiger partial charge < -0.3 is 9.88 Å². The summed E-state index contributed by atoms with van der Waals surface area (Å²) in [5.41, 5.74) is 0.936. The minimum Gasteiger partial charge on any atom is -0.356 e. The van der Waals surface area contributed by atoms with Gasteiger partial charge in [-0.05, 0) is 44.9 Å². The SMILES string of the molecule is C=Nc1[nH]ccc1C(=NC)N(C)C1CCC(NS(=O)(=O)CCC)CC1. The van der Waals surface area contributed by atoms with Crippen LogP contribution in [0.2, 0.25) is 0 Å². The van der Waals surface area contributed by atoms with Gasteiger partial charge in [0.1, 0.15) is 11.7 Å². The highest BCUT2D eigenvalue weighted by molar-refractivity contribution is 7.89. The lowest BCUT2D eigenvalue weighted by atomic mass is 9.90. The summed E-state index contributed by atoms with van der Waals surface area (Å²) in [6.07, 6.45) is 6.01. The van der Waals surface area contributed by atoms with Crippen LogP contribution in [0.15, 0.2) is 22.2 Å². The first-order valence-corrected chi connectivity index (χ1v) is 10.4. The Labute approximate surface area is 150 Å². The van der Waals surface area contributed by atoms with E-state index < -0.39 is 10.0 Å². The Hall–Kier alpha value is -1.67. The molecule has 0 unspecified atom stereocenters. The lowest BCUT2D eigenvalue weighted by Crippen LogP contribution is -2.45. The summed E-state index contributed by atoms with van der Waals surface area (Å²) in [5.74, 6) is 1.79. The fraction of sp³-hybridized carbons (Fsp3) is 0.647. The highest BCUT2D eigenvalue weighted by atomic mass is 32.2. The molecule has 1 heterocycles. The Bertz CT molecular complexity index is 702. The first-order chi connectivity index (χ1) is 11.9. The average molecular weight is 368 g/mol. The third kappa shape index (κ3) is 4.92. The van der Waals surface area contributed by atoms with E-state index in [1.54, 1.807) is 7.05 Å². The molecule has 1 aromatic rings. The number of aliphatic imine (C=N–C) groups is 2. The van der Waals surface area contributed by atoms with Gasteiger partial charge in [-0.25, -0.2) is 18.1 Å². The molecule has 1 fully saturated rings. The molecule has 0 bridgehead atoms. The highest BCUT2D eigenvalue weighted by Gasteiger charge is 2.28. The molecule has 2 N–H and O–H groups in total. The number of nitrogens with zero attached hydrogens (tertiary/aromatic N) is 3.